The molecule has 1 aliphatic rings. The van der Waals surface area contributed by atoms with Gasteiger partial charge < -0.3 is 19.2 Å². The molecular formula is C30H28F3N3O9S. The molecule has 0 aliphatic carbocycles. The molecule has 16 heteroatoms. The van der Waals surface area contributed by atoms with E-state index in [1.165, 1.54) is 29.4 Å². The number of aryl methyl sites for hydroxylation is 1. The Kier molecular flexibility index (Phi) is 10.3. The Morgan fingerprint density at radius 2 is 1.76 bits per heavy atom. The van der Waals surface area contributed by atoms with E-state index in [2.05, 4.69) is 4.98 Å². The smallest absolute Gasteiger partial charge is 0.489 e. The van der Waals surface area contributed by atoms with Crippen molar-refractivity contribution in [3.63, 3.8) is 0 Å². The van der Waals surface area contributed by atoms with Crippen LogP contribution in [0.2, 0.25) is 0 Å². The number of hydrogen-bond donors (Lipinski definition) is 3. The van der Waals surface area contributed by atoms with Gasteiger partial charge in [-0.1, -0.05) is 18.2 Å². The Balaban J connectivity index is 0.000000617. The minimum Gasteiger partial charge on any atom is -0.489 e. The van der Waals surface area contributed by atoms with Crippen LogP contribution in [-0.4, -0.2) is 70.9 Å². The van der Waals surface area contributed by atoms with Crippen LogP contribution in [0.1, 0.15) is 28.2 Å². The Bertz CT molecular complexity index is 1810. The second-order valence-corrected chi connectivity index (χ2v) is 12.2. The molecule has 5 rings (SSSR count). The minimum absolute atomic E-state index is 0.0282. The Labute approximate surface area is 260 Å². The van der Waals surface area contributed by atoms with Gasteiger partial charge in [0.05, 0.1) is 34.4 Å². The highest BCUT2D eigenvalue weighted by Crippen LogP contribution is 2.30. The van der Waals surface area contributed by atoms with Crippen molar-refractivity contribution in [1.29, 1.82) is 0 Å². The SMILES string of the molecule is Cc1cc(COc2ccc(S(=O)(=O)C[C@H]3[C@@H](C(=O)NO)CCN3C(=O)c3ccco3)cc2)c2ccccc2n1.O=C(O)C(F)(F)F. The van der Waals surface area contributed by atoms with E-state index < -0.39 is 51.5 Å². The molecule has 12 nitrogen and oxygen atoms in total. The number of sulfone groups is 1. The minimum atomic E-state index is -5.08. The highest BCUT2D eigenvalue weighted by molar-refractivity contribution is 7.91. The zero-order valence-electron chi connectivity index (χ0n) is 24.1. The first kappa shape index (κ1) is 33.9. The molecule has 0 spiro atoms. The lowest BCUT2D eigenvalue weighted by atomic mass is 10.0. The predicted octanol–water partition coefficient (Wildman–Crippen LogP) is 4.16. The average Bonchev–Trinajstić information content (AvgIpc) is 3.70. The van der Waals surface area contributed by atoms with Crippen LogP contribution in [0, 0.1) is 12.8 Å². The number of halogens is 3. The number of aromatic nitrogens is 1. The summed E-state index contributed by atoms with van der Waals surface area (Å²) in [6.45, 7) is 2.34. The predicted molar refractivity (Wildman–Crippen MR) is 155 cm³/mol. The number of amides is 2. The molecule has 0 radical (unpaired) electrons. The number of likely N-dealkylation sites (tertiary alicyclic amines) is 1. The number of hydroxylamine groups is 1. The number of furan rings is 1. The number of hydrogen-bond acceptors (Lipinski definition) is 9. The van der Waals surface area contributed by atoms with Gasteiger partial charge in [-0.3, -0.25) is 19.8 Å². The third kappa shape index (κ3) is 8.00. The highest BCUT2D eigenvalue weighted by Gasteiger charge is 2.44. The monoisotopic (exact) mass is 663 g/mol. The summed E-state index contributed by atoms with van der Waals surface area (Å²) < 4.78 is 69.6. The van der Waals surface area contributed by atoms with Crippen LogP contribution in [0.3, 0.4) is 0 Å². The van der Waals surface area contributed by atoms with Gasteiger partial charge in [-0.15, -0.1) is 0 Å². The van der Waals surface area contributed by atoms with Gasteiger partial charge in [-0.05, 0) is 61.9 Å². The first-order valence-corrected chi connectivity index (χ1v) is 15.3. The molecule has 46 heavy (non-hydrogen) atoms. The largest absolute Gasteiger partial charge is 0.490 e. The maximum Gasteiger partial charge on any atom is 0.490 e. The fraction of sp³-hybridized carbons (Fsp3) is 0.267. The molecule has 2 amide bonds. The molecule has 2 aromatic carbocycles. The van der Waals surface area contributed by atoms with Crippen LogP contribution in [0.4, 0.5) is 13.2 Å². The maximum atomic E-state index is 13.4. The summed E-state index contributed by atoms with van der Waals surface area (Å²) >= 11 is 0. The first-order chi connectivity index (χ1) is 21.7. The number of alkyl halides is 3. The average molecular weight is 664 g/mol. The number of rotatable bonds is 8. The molecule has 244 valence electrons. The van der Waals surface area contributed by atoms with E-state index in [1.54, 1.807) is 23.7 Å². The number of fused-ring (bicyclic) bond motifs is 1. The van der Waals surface area contributed by atoms with Gasteiger partial charge in [0, 0.05) is 23.2 Å². The summed E-state index contributed by atoms with van der Waals surface area (Å²) in [7, 11) is -3.92. The number of benzene rings is 2. The first-order valence-electron chi connectivity index (χ1n) is 13.6. The molecule has 4 aromatic rings. The number of para-hydroxylation sites is 1. The van der Waals surface area contributed by atoms with Gasteiger partial charge >= 0.3 is 12.1 Å². The third-order valence-electron chi connectivity index (χ3n) is 7.13. The molecule has 2 atom stereocenters. The van der Waals surface area contributed by atoms with Crippen molar-refractivity contribution in [1.82, 2.24) is 15.4 Å². The van der Waals surface area contributed by atoms with Gasteiger partial charge in [-0.2, -0.15) is 13.2 Å². The van der Waals surface area contributed by atoms with Gasteiger partial charge in [0.25, 0.3) is 5.91 Å². The number of carboxylic acid groups (broad SMARTS) is 1. The van der Waals surface area contributed by atoms with E-state index in [0.29, 0.717) is 5.75 Å². The van der Waals surface area contributed by atoms with E-state index in [0.717, 1.165) is 22.2 Å². The van der Waals surface area contributed by atoms with Gasteiger partial charge in [0.1, 0.15) is 12.4 Å². The number of nitrogens with one attached hydrogen (secondary N) is 1. The lowest BCUT2D eigenvalue weighted by molar-refractivity contribution is -0.192. The summed E-state index contributed by atoms with van der Waals surface area (Å²) in [6, 6.07) is 17.8. The van der Waals surface area contributed by atoms with E-state index in [-0.39, 0.29) is 30.2 Å². The molecule has 3 N–H and O–H groups in total. The molecule has 1 saturated heterocycles. The second-order valence-electron chi connectivity index (χ2n) is 10.2. The maximum absolute atomic E-state index is 13.4. The summed E-state index contributed by atoms with van der Waals surface area (Å²) in [5, 5.41) is 17.3. The zero-order valence-corrected chi connectivity index (χ0v) is 24.9. The number of pyridine rings is 1. The number of ether oxygens (including phenoxy) is 1. The third-order valence-corrected chi connectivity index (χ3v) is 8.90. The topological polar surface area (TPSA) is 176 Å². The van der Waals surface area contributed by atoms with E-state index in [4.69, 9.17) is 19.1 Å². The van der Waals surface area contributed by atoms with Crippen molar-refractivity contribution in [2.45, 2.75) is 37.1 Å². The fourth-order valence-electron chi connectivity index (χ4n) is 4.98. The molecule has 2 aromatic heterocycles. The molecule has 0 unspecified atom stereocenters. The van der Waals surface area contributed by atoms with Crippen LogP contribution in [-0.2, 0) is 26.0 Å². The van der Waals surface area contributed by atoms with Crippen LogP contribution >= 0.6 is 0 Å². The van der Waals surface area contributed by atoms with Crippen LogP contribution < -0.4 is 10.2 Å². The molecule has 0 bridgehead atoms. The van der Waals surface area contributed by atoms with E-state index in [9.17, 15) is 36.4 Å². The molecule has 3 heterocycles. The fourth-order valence-corrected chi connectivity index (χ4v) is 6.59. The summed E-state index contributed by atoms with van der Waals surface area (Å²) in [6.07, 6.45) is -3.54. The van der Waals surface area contributed by atoms with Gasteiger partial charge in [-0.25, -0.2) is 18.7 Å². The number of carboxylic acids is 1. The normalized spacial score (nSPS) is 16.4. The number of carbonyl (C=O) groups excluding carboxylic acids is 2. The van der Waals surface area contributed by atoms with Gasteiger partial charge in [0.2, 0.25) is 5.91 Å². The van der Waals surface area contributed by atoms with Gasteiger partial charge in [0.15, 0.2) is 15.6 Å². The zero-order chi connectivity index (χ0) is 33.6. The van der Waals surface area contributed by atoms with Crippen molar-refractivity contribution >= 4 is 38.5 Å². The van der Waals surface area contributed by atoms with Crippen LogP contribution in [0.5, 0.6) is 5.75 Å². The molecule has 1 fully saturated rings. The summed E-state index contributed by atoms with van der Waals surface area (Å²) in [5.41, 5.74) is 4.30. The summed E-state index contributed by atoms with van der Waals surface area (Å²) in [5.74, 6) is -4.89. The Hall–Kier alpha value is -4.96. The second kappa shape index (κ2) is 14.0. The Morgan fingerprint density at radius 3 is 2.37 bits per heavy atom. The van der Waals surface area contributed by atoms with Crippen LogP contribution in [0.15, 0.2) is 82.3 Å². The lowest BCUT2D eigenvalue weighted by Gasteiger charge is -2.26. The van der Waals surface area contributed by atoms with Crippen molar-refractivity contribution in [3.8, 4) is 5.75 Å². The highest BCUT2D eigenvalue weighted by atomic mass is 32.2. The van der Waals surface area contributed by atoms with Crippen molar-refractivity contribution in [2.24, 2.45) is 5.92 Å². The number of nitrogens with zero attached hydrogens (tertiary/aromatic N) is 2. The van der Waals surface area contributed by atoms with Crippen molar-refractivity contribution < 1.29 is 55.4 Å². The van der Waals surface area contributed by atoms with Crippen LogP contribution in [0.25, 0.3) is 10.9 Å². The Morgan fingerprint density at radius 1 is 1.09 bits per heavy atom. The van der Waals surface area contributed by atoms with E-state index in [1.807, 2.05) is 37.3 Å². The standard InChI is InChI=1S/C28H27N3O7S.C2HF3O2/c1-18-15-19(22-5-2-3-6-24(22)29-18)16-38-20-8-10-21(11-9-20)39(35,36)17-25-23(27(32)30-34)12-13-31(25)28(33)26-7-4-14-37-26;3-2(4,5)1(6)7/h2-11,14-15,23,25,34H,12-13,16-17H2,1H3,(H,30,32);(H,6,7)/t23-,25-;/m0./s1. The molecular weight excluding hydrogens is 635 g/mol. The number of carbonyl (C=O) groups is 3. The quantitative estimate of drug-likeness (QED) is 0.183. The molecule has 0 saturated carbocycles. The van der Waals surface area contributed by atoms with E-state index >= 15 is 0 Å². The number of aliphatic carboxylic acids is 1. The van der Waals surface area contributed by atoms with Crippen molar-refractivity contribution in [2.75, 3.05) is 12.3 Å². The summed E-state index contributed by atoms with van der Waals surface area (Å²) in [4.78, 5) is 40.0. The van der Waals surface area contributed by atoms with Crippen molar-refractivity contribution in [3.05, 3.63) is 90.0 Å². The molecule has 1 aliphatic heterocycles. The lowest BCUT2D eigenvalue weighted by Crippen LogP contribution is -2.46.